The summed E-state index contributed by atoms with van der Waals surface area (Å²) < 4.78 is 0. The van der Waals surface area contributed by atoms with Crippen LogP contribution in [0.3, 0.4) is 0 Å². The lowest BCUT2D eigenvalue weighted by Crippen LogP contribution is -2.56. The molecule has 0 atom stereocenters. The largest absolute Gasteiger partial charge is 0.329 e. The first kappa shape index (κ1) is 15.3. The molecule has 0 bridgehead atoms. The Labute approximate surface area is 120 Å². The molecule has 0 aromatic carbocycles. The van der Waals surface area contributed by atoms with Gasteiger partial charge in [-0.2, -0.15) is 0 Å². The highest BCUT2D eigenvalue weighted by Gasteiger charge is 2.42. The molecule has 0 radical (unpaired) electrons. The number of nitrogens with two attached hydrogens (primary N) is 1. The molecule has 2 aliphatic carbocycles. The van der Waals surface area contributed by atoms with Crippen molar-refractivity contribution in [1.29, 1.82) is 0 Å². The Morgan fingerprint density at radius 3 is 2.05 bits per heavy atom. The van der Waals surface area contributed by atoms with Gasteiger partial charge in [0, 0.05) is 18.6 Å². The summed E-state index contributed by atoms with van der Waals surface area (Å²) in [6.45, 7) is 12.8. The molecular formula is C17H34N2. The summed E-state index contributed by atoms with van der Waals surface area (Å²) in [5, 5.41) is 0. The zero-order valence-electron chi connectivity index (χ0n) is 13.5. The van der Waals surface area contributed by atoms with Crippen molar-refractivity contribution in [3.05, 3.63) is 0 Å². The maximum atomic E-state index is 6.22. The van der Waals surface area contributed by atoms with Crippen LogP contribution >= 0.6 is 0 Å². The van der Waals surface area contributed by atoms with Gasteiger partial charge in [-0.25, -0.2) is 0 Å². The Hall–Kier alpha value is -0.0800. The van der Waals surface area contributed by atoms with Gasteiger partial charge < -0.3 is 5.73 Å². The van der Waals surface area contributed by atoms with Crippen molar-refractivity contribution >= 4 is 0 Å². The molecule has 0 aliphatic heterocycles. The van der Waals surface area contributed by atoms with Crippen LogP contribution in [0.4, 0.5) is 0 Å². The van der Waals surface area contributed by atoms with E-state index in [-0.39, 0.29) is 0 Å². The molecule has 0 aromatic rings. The van der Waals surface area contributed by atoms with Crippen LogP contribution in [-0.2, 0) is 0 Å². The van der Waals surface area contributed by atoms with E-state index in [0.717, 1.165) is 18.4 Å². The van der Waals surface area contributed by atoms with E-state index in [1.807, 2.05) is 0 Å². The van der Waals surface area contributed by atoms with Crippen LogP contribution in [0.25, 0.3) is 0 Å². The molecule has 0 saturated heterocycles. The van der Waals surface area contributed by atoms with E-state index < -0.39 is 0 Å². The summed E-state index contributed by atoms with van der Waals surface area (Å²) in [6.07, 6.45) is 8.24. The molecule has 0 unspecified atom stereocenters. The Morgan fingerprint density at radius 1 is 1.11 bits per heavy atom. The molecule has 2 N–H and O–H groups in total. The quantitative estimate of drug-likeness (QED) is 0.823. The molecule has 2 fully saturated rings. The number of likely N-dealkylation sites (N-methyl/N-ethyl adjacent to an activating group) is 1. The Bertz CT molecular complexity index is 280. The molecule has 0 amide bonds. The Kier molecular flexibility index (Phi) is 4.62. The SMILES string of the molecule is CCN(CC1CC1)C1(CN)CCC(C(C)(C)C)CC1. The summed E-state index contributed by atoms with van der Waals surface area (Å²) in [7, 11) is 0. The fourth-order valence-corrected chi connectivity index (χ4v) is 3.94. The summed E-state index contributed by atoms with van der Waals surface area (Å²) in [4.78, 5) is 2.73. The molecule has 19 heavy (non-hydrogen) atoms. The summed E-state index contributed by atoms with van der Waals surface area (Å²) in [5.74, 6) is 1.86. The highest BCUT2D eigenvalue weighted by Crippen LogP contribution is 2.44. The molecular weight excluding hydrogens is 232 g/mol. The zero-order chi connectivity index (χ0) is 14.1. The third-order valence-electron chi connectivity index (χ3n) is 5.75. The summed E-state index contributed by atoms with van der Waals surface area (Å²) >= 11 is 0. The predicted octanol–water partition coefficient (Wildman–Crippen LogP) is 3.65. The van der Waals surface area contributed by atoms with E-state index in [4.69, 9.17) is 5.73 Å². The standard InChI is InChI=1S/C17H34N2/c1-5-19(12-14-6-7-14)17(13-18)10-8-15(9-11-17)16(2,3)4/h14-15H,5-13,18H2,1-4H3. The third kappa shape index (κ3) is 3.52. The summed E-state index contributed by atoms with van der Waals surface area (Å²) in [5.41, 5.74) is 7.01. The number of hydrogen-bond acceptors (Lipinski definition) is 2. The van der Waals surface area contributed by atoms with Gasteiger partial charge in [-0.15, -0.1) is 0 Å². The van der Waals surface area contributed by atoms with Crippen molar-refractivity contribution in [3.8, 4) is 0 Å². The van der Waals surface area contributed by atoms with Crippen LogP contribution in [-0.4, -0.2) is 30.1 Å². The molecule has 2 aliphatic rings. The van der Waals surface area contributed by atoms with Crippen molar-refractivity contribution < 1.29 is 0 Å². The number of rotatable bonds is 5. The monoisotopic (exact) mass is 266 g/mol. The maximum Gasteiger partial charge on any atom is 0.0331 e. The van der Waals surface area contributed by atoms with E-state index >= 15 is 0 Å². The van der Waals surface area contributed by atoms with Gasteiger partial charge in [-0.05, 0) is 62.3 Å². The molecule has 0 aromatic heterocycles. The van der Waals surface area contributed by atoms with E-state index in [9.17, 15) is 0 Å². The van der Waals surface area contributed by atoms with Crippen LogP contribution in [0.2, 0.25) is 0 Å². The van der Waals surface area contributed by atoms with Gasteiger partial charge in [0.2, 0.25) is 0 Å². The lowest BCUT2D eigenvalue weighted by Gasteiger charge is -2.49. The summed E-state index contributed by atoms with van der Waals surface area (Å²) in [6, 6.07) is 0. The van der Waals surface area contributed by atoms with Gasteiger partial charge in [0.1, 0.15) is 0 Å². The lowest BCUT2D eigenvalue weighted by molar-refractivity contribution is 0.0213. The van der Waals surface area contributed by atoms with Gasteiger partial charge >= 0.3 is 0 Å². The molecule has 2 heteroatoms. The van der Waals surface area contributed by atoms with Gasteiger partial charge in [-0.1, -0.05) is 27.7 Å². The van der Waals surface area contributed by atoms with Crippen molar-refractivity contribution in [2.24, 2.45) is 23.0 Å². The van der Waals surface area contributed by atoms with Crippen LogP contribution in [0.5, 0.6) is 0 Å². The first-order chi connectivity index (χ1) is 8.91. The first-order valence-corrected chi connectivity index (χ1v) is 8.36. The topological polar surface area (TPSA) is 29.3 Å². The second-order valence-corrected chi connectivity index (χ2v) is 8.05. The lowest BCUT2D eigenvalue weighted by atomic mass is 9.66. The minimum absolute atomic E-state index is 0.319. The highest BCUT2D eigenvalue weighted by molar-refractivity contribution is 4.98. The molecule has 0 spiro atoms. The maximum absolute atomic E-state index is 6.22. The van der Waals surface area contributed by atoms with Crippen LogP contribution in [0.1, 0.15) is 66.2 Å². The smallest absolute Gasteiger partial charge is 0.0331 e. The minimum atomic E-state index is 0.319. The van der Waals surface area contributed by atoms with Crippen molar-refractivity contribution in [1.82, 2.24) is 4.90 Å². The third-order valence-corrected chi connectivity index (χ3v) is 5.75. The van der Waals surface area contributed by atoms with E-state index in [2.05, 4.69) is 32.6 Å². The first-order valence-electron chi connectivity index (χ1n) is 8.36. The van der Waals surface area contributed by atoms with Gasteiger partial charge in [0.25, 0.3) is 0 Å². The number of nitrogens with zero attached hydrogens (tertiary/aromatic N) is 1. The average Bonchev–Trinajstić information content (AvgIpc) is 3.19. The van der Waals surface area contributed by atoms with Crippen molar-refractivity contribution in [3.63, 3.8) is 0 Å². The molecule has 112 valence electrons. The van der Waals surface area contributed by atoms with E-state index in [0.29, 0.717) is 11.0 Å². The van der Waals surface area contributed by atoms with Gasteiger partial charge in [0.15, 0.2) is 0 Å². The number of hydrogen-bond donors (Lipinski definition) is 1. The van der Waals surface area contributed by atoms with Crippen molar-refractivity contribution in [2.75, 3.05) is 19.6 Å². The average molecular weight is 266 g/mol. The highest BCUT2D eigenvalue weighted by atomic mass is 15.2. The fraction of sp³-hybridized carbons (Fsp3) is 1.00. The normalized spacial score (nSPS) is 32.8. The van der Waals surface area contributed by atoms with Gasteiger partial charge in [0.05, 0.1) is 0 Å². The van der Waals surface area contributed by atoms with Crippen LogP contribution in [0.15, 0.2) is 0 Å². The van der Waals surface area contributed by atoms with E-state index in [1.165, 1.54) is 51.6 Å². The second-order valence-electron chi connectivity index (χ2n) is 8.05. The fourth-order valence-electron chi connectivity index (χ4n) is 3.94. The van der Waals surface area contributed by atoms with Crippen molar-refractivity contribution in [2.45, 2.75) is 71.8 Å². The molecule has 2 saturated carbocycles. The van der Waals surface area contributed by atoms with Gasteiger partial charge in [-0.3, -0.25) is 4.90 Å². The Morgan fingerprint density at radius 2 is 1.68 bits per heavy atom. The van der Waals surface area contributed by atoms with Crippen LogP contribution < -0.4 is 5.73 Å². The Balaban J connectivity index is 1.99. The molecule has 2 rings (SSSR count). The van der Waals surface area contributed by atoms with Crippen LogP contribution in [0, 0.1) is 17.3 Å². The minimum Gasteiger partial charge on any atom is -0.329 e. The van der Waals surface area contributed by atoms with E-state index in [1.54, 1.807) is 0 Å². The second kappa shape index (κ2) is 5.73. The zero-order valence-corrected chi connectivity index (χ0v) is 13.5. The molecule has 0 heterocycles. The predicted molar refractivity (Wildman–Crippen MR) is 83.2 cm³/mol. The molecule has 2 nitrogen and oxygen atoms in total.